The standard InChI is InChI=1S/C10H7F2N3O4/c1-2-19-10(16)7-8(15(17)18)5(3-13)6(4-14-7)9(11)12/h4,9H,2H2,1H3. The van der Waals surface area contributed by atoms with Gasteiger partial charge in [0.05, 0.1) is 17.1 Å². The van der Waals surface area contributed by atoms with E-state index in [1.54, 1.807) is 0 Å². The fourth-order valence-electron chi connectivity index (χ4n) is 1.32. The summed E-state index contributed by atoms with van der Waals surface area (Å²) in [5.74, 6) is -1.15. The van der Waals surface area contributed by atoms with Crippen LogP contribution in [-0.4, -0.2) is 22.5 Å². The topological polar surface area (TPSA) is 106 Å². The molecule has 0 aliphatic heterocycles. The van der Waals surface area contributed by atoms with Crippen LogP contribution in [0.15, 0.2) is 6.20 Å². The minimum atomic E-state index is -3.11. The van der Waals surface area contributed by atoms with Gasteiger partial charge in [-0.1, -0.05) is 0 Å². The lowest BCUT2D eigenvalue weighted by atomic mass is 10.1. The van der Waals surface area contributed by atoms with Gasteiger partial charge in [-0.25, -0.2) is 18.6 Å². The minimum absolute atomic E-state index is 0.0733. The van der Waals surface area contributed by atoms with Crippen molar-refractivity contribution < 1.29 is 23.2 Å². The van der Waals surface area contributed by atoms with Gasteiger partial charge in [-0.15, -0.1) is 0 Å². The maximum atomic E-state index is 12.6. The van der Waals surface area contributed by atoms with E-state index in [2.05, 4.69) is 9.72 Å². The van der Waals surface area contributed by atoms with E-state index in [-0.39, 0.29) is 6.61 Å². The zero-order chi connectivity index (χ0) is 14.6. The second-order valence-electron chi connectivity index (χ2n) is 3.18. The lowest BCUT2D eigenvalue weighted by molar-refractivity contribution is -0.385. The highest BCUT2D eigenvalue weighted by Gasteiger charge is 2.32. The molecule has 0 aromatic carbocycles. The summed E-state index contributed by atoms with van der Waals surface area (Å²) in [6.07, 6.45) is -2.56. The Kier molecular flexibility index (Phi) is 4.41. The number of nitrogens with zero attached hydrogens (tertiary/aromatic N) is 3. The zero-order valence-corrected chi connectivity index (χ0v) is 9.59. The van der Waals surface area contributed by atoms with Crippen LogP contribution in [0.2, 0.25) is 0 Å². The molecule has 1 aromatic heterocycles. The third-order valence-electron chi connectivity index (χ3n) is 2.08. The summed E-state index contributed by atoms with van der Waals surface area (Å²) in [5, 5.41) is 19.6. The molecule has 1 rings (SSSR count). The highest BCUT2D eigenvalue weighted by Crippen LogP contribution is 2.30. The Hall–Kier alpha value is -2.63. The van der Waals surface area contributed by atoms with Crippen molar-refractivity contribution in [3.8, 4) is 6.07 Å². The normalized spacial score (nSPS) is 10.1. The van der Waals surface area contributed by atoms with Gasteiger partial charge in [0.2, 0.25) is 5.69 Å². The number of carbonyl (C=O) groups is 1. The summed E-state index contributed by atoms with van der Waals surface area (Å²) < 4.78 is 29.7. The molecule has 0 bridgehead atoms. The van der Waals surface area contributed by atoms with E-state index in [0.29, 0.717) is 6.20 Å². The van der Waals surface area contributed by atoms with Gasteiger partial charge in [0.15, 0.2) is 0 Å². The number of ether oxygens (including phenoxy) is 1. The summed E-state index contributed by atoms with van der Waals surface area (Å²) in [4.78, 5) is 24.5. The maximum absolute atomic E-state index is 12.6. The first-order chi connectivity index (χ1) is 8.93. The second kappa shape index (κ2) is 5.81. The Morgan fingerprint density at radius 2 is 2.32 bits per heavy atom. The maximum Gasteiger partial charge on any atom is 0.364 e. The van der Waals surface area contributed by atoms with E-state index in [0.717, 1.165) is 0 Å². The van der Waals surface area contributed by atoms with Crippen molar-refractivity contribution in [1.82, 2.24) is 4.98 Å². The molecular weight excluding hydrogens is 264 g/mol. The fourth-order valence-corrected chi connectivity index (χ4v) is 1.32. The average molecular weight is 271 g/mol. The van der Waals surface area contributed by atoms with Crippen molar-refractivity contribution in [2.24, 2.45) is 0 Å². The number of hydrogen-bond donors (Lipinski definition) is 0. The third kappa shape index (κ3) is 2.79. The van der Waals surface area contributed by atoms with Crippen LogP contribution in [0, 0.1) is 21.4 Å². The summed E-state index contributed by atoms with van der Waals surface area (Å²) in [6.45, 7) is 1.39. The molecule has 0 N–H and O–H groups in total. The first-order valence-electron chi connectivity index (χ1n) is 4.96. The number of rotatable bonds is 4. The van der Waals surface area contributed by atoms with Gasteiger partial charge < -0.3 is 4.74 Å². The van der Waals surface area contributed by atoms with E-state index in [9.17, 15) is 23.7 Å². The van der Waals surface area contributed by atoms with Gasteiger partial charge in [0, 0.05) is 6.20 Å². The summed E-state index contributed by atoms with van der Waals surface area (Å²) in [6, 6.07) is 1.29. The SMILES string of the molecule is CCOC(=O)c1ncc(C(F)F)c(C#N)c1[N+](=O)[O-]. The Balaban J connectivity index is 3.56. The molecule has 7 nitrogen and oxygen atoms in total. The molecule has 19 heavy (non-hydrogen) atoms. The van der Waals surface area contributed by atoms with Gasteiger partial charge in [-0.2, -0.15) is 5.26 Å². The van der Waals surface area contributed by atoms with Crippen LogP contribution in [0.4, 0.5) is 14.5 Å². The molecule has 0 unspecified atom stereocenters. The smallest absolute Gasteiger partial charge is 0.364 e. The van der Waals surface area contributed by atoms with Crippen molar-refractivity contribution in [2.45, 2.75) is 13.3 Å². The van der Waals surface area contributed by atoms with Crippen LogP contribution >= 0.6 is 0 Å². The van der Waals surface area contributed by atoms with Gasteiger partial charge in [0.1, 0.15) is 11.6 Å². The van der Waals surface area contributed by atoms with E-state index >= 15 is 0 Å². The summed E-state index contributed by atoms with van der Waals surface area (Å²) in [5.41, 5.74) is -3.63. The van der Waals surface area contributed by atoms with Crippen molar-refractivity contribution in [1.29, 1.82) is 5.26 Å². The fraction of sp³-hybridized carbons (Fsp3) is 0.300. The second-order valence-corrected chi connectivity index (χ2v) is 3.18. The van der Waals surface area contributed by atoms with E-state index < -0.39 is 39.8 Å². The highest BCUT2D eigenvalue weighted by molar-refractivity contribution is 5.93. The molecule has 1 heterocycles. The van der Waals surface area contributed by atoms with Crippen molar-refractivity contribution in [3.63, 3.8) is 0 Å². The van der Waals surface area contributed by atoms with Crippen molar-refractivity contribution in [3.05, 3.63) is 33.1 Å². The molecule has 0 amide bonds. The molecule has 0 aliphatic carbocycles. The number of nitriles is 1. The summed E-state index contributed by atoms with van der Waals surface area (Å²) >= 11 is 0. The number of aromatic nitrogens is 1. The Labute approximate surface area is 105 Å². The number of carbonyl (C=O) groups excluding carboxylic acids is 1. The molecule has 1 aromatic rings. The van der Waals surface area contributed by atoms with Crippen molar-refractivity contribution in [2.75, 3.05) is 6.61 Å². The summed E-state index contributed by atoms with van der Waals surface area (Å²) in [7, 11) is 0. The Morgan fingerprint density at radius 3 is 2.74 bits per heavy atom. The van der Waals surface area contributed by atoms with Crippen LogP contribution in [0.1, 0.15) is 35.0 Å². The van der Waals surface area contributed by atoms with E-state index in [1.165, 1.54) is 13.0 Å². The molecule has 0 spiro atoms. The number of alkyl halides is 2. The third-order valence-corrected chi connectivity index (χ3v) is 2.08. The van der Waals surface area contributed by atoms with Crippen LogP contribution in [0.25, 0.3) is 0 Å². The minimum Gasteiger partial charge on any atom is -0.461 e. The van der Waals surface area contributed by atoms with Gasteiger partial charge in [-0.05, 0) is 6.92 Å². The lowest BCUT2D eigenvalue weighted by Gasteiger charge is -2.06. The number of hydrogen-bond acceptors (Lipinski definition) is 6. The van der Waals surface area contributed by atoms with Crippen LogP contribution in [0.5, 0.6) is 0 Å². The van der Waals surface area contributed by atoms with Crippen LogP contribution in [0.3, 0.4) is 0 Å². The van der Waals surface area contributed by atoms with E-state index in [4.69, 9.17) is 5.26 Å². The first kappa shape index (κ1) is 14.4. The van der Waals surface area contributed by atoms with Gasteiger partial charge in [0.25, 0.3) is 6.43 Å². The van der Waals surface area contributed by atoms with Gasteiger partial charge >= 0.3 is 11.7 Å². The predicted molar refractivity (Wildman–Crippen MR) is 56.5 cm³/mol. The number of esters is 1. The number of nitro groups is 1. The predicted octanol–water partition coefficient (Wildman–Crippen LogP) is 1.98. The Morgan fingerprint density at radius 1 is 1.68 bits per heavy atom. The first-order valence-corrected chi connectivity index (χ1v) is 4.96. The lowest BCUT2D eigenvalue weighted by Crippen LogP contribution is -2.13. The number of pyridine rings is 1. The van der Waals surface area contributed by atoms with E-state index in [1.807, 2.05) is 0 Å². The zero-order valence-electron chi connectivity index (χ0n) is 9.59. The molecule has 0 radical (unpaired) electrons. The molecule has 0 fully saturated rings. The van der Waals surface area contributed by atoms with Crippen LogP contribution in [-0.2, 0) is 4.74 Å². The molecule has 0 aliphatic rings. The number of halogens is 2. The molecule has 0 saturated heterocycles. The molecule has 0 atom stereocenters. The molecule has 0 saturated carbocycles. The molecule has 9 heteroatoms. The Bertz CT molecular complexity index is 569. The molecule has 100 valence electrons. The quantitative estimate of drug-likeness (QED) is 0.470. The van der Waals surface area contributed by atoms with Crippen LogP contribution < -0.4 is 0 Å². The highest BCUT2D eigenvalue weighted by atomic mass is 19.3. The average Bonchev–Trinajstić information content (AvgIpc) is 2.36. The monoisotopic (exact) mass is 271 g/mol. The largest absolute Gasteiger partial charge is 0.461 e. The molecular formula is C10H7F2N3O4. The van der Waals surface area contributed by atoms with Crippen molar-refractivity contribution >= 4 is 11.7 Å². The van der Waals surface area contributed by atoms with Gasteiger partial charge in [-0.3, -0.25) is 10.1 Å².